The zero-order valence-electron chi connectivity index (χ0n) is 16.8. The predicted molar refractivity (Wildman–Crippen MR) is 111 cm³/mol. The molecule has 1 atom stereocenters. The lowest BCUT2D eigenvalue weighted by atomic mass is 9.88. The van der Waals surface area contributed by atoms with Gasteiger partial charge in [0.2, 0.25) is 0 Å². The second kappa shape index (κ2) is 8.30. The molecule has 0 amide bonds. The summed E-state index contributed by atoms with van der Waals surface area (Å²) in [5.74, 6) is 0. The van der Waals surface area contributed by atoms with Crippen molar-refractivity contribution in [3.05, 3.63) is 101 Å². The minimum absolute atomic E-state index is 0.0590. The van der Waals surface area contributed by atoms with Crippen molar-refractivity contribution in [1.29, 1.82) is 0 Å². The largest absolute Gasteiger partial charge is 0.433 e. The molecule has 164 valence electrons. The number of halogens is 6. The molecule has 0 spiro atoms. The van der Waals surface area contributed by atoms with Crippen LogP contribution in [-0.2, 0) is 6.18 Å². The SMILES string of the molecule is Cc1c(C(F)(F)F)nc(C(F)F)c(C(F)c2ccc3ccccc3c2)c1-c1ccccc1. The number of fused-ring (bicyclic) bond motifs is 1. The first-order valence-electron chi connectivity index (χ1n) is 9.76. The van der Waals surface area contributed by atoms with Crippen LogP contribution in [0.3, 0.4) is 0 Å². The molecule has 0 radical (unpaired) electrons. The molecule has 0 aliphatic heterocycles. The lowest BCUT2D eigenvalue weighted by molar-refractivity contribution is -0.141. The van der Waals surface area contributed by atoms with Crippen LogP contribution in [0.25, 0.3) is 21.9 Å². The van der Waals surface area contributed by atoms with E-state index < -0.39 is 41.3 Å². The van der Waals surface area contributed by atoms with Crippen molar-refractivity contribution in [2.45, 2.75) is 25.7 Å². The Bertz CT molecular complexity index is 1260. The molecule has 4 rings (SSSR count). The van der Waals surface area contributed by atoms with Gasteiger partial charge in [0.1, 0.15) is 11.4 Å². The first-order chi connectivity index (χ1) is 15.2. The average Bonchev–Trinajstić information content (AvgIpc) is 2.77. The molecule has 1 unspecified atom stereocenters. The van der Waals surface area contributed by atoms with Crippen molar-refractivity contribution in [1.82, 2.24) is 4.98 Å². The van der Waals surface area contributed by atoms with Crippen molar-refractivity contribution < 1.29 is 26.3 Å². The van der Waals surface area contributed by atoms with Crippen LogP contribution in [0.15, 0.2) is 72.8 Å². The highest BCUT2D eigenvalue weighted by Gasteiger charge is 2.39. The summed E-state index contributed by atoms with van der Waals surface area (Å²) in [6.07, 6.45) is -10.5. The quantitative estimate of drug-likeness (QED) is 0.288. The number of nitrogens with zero attached hydrogens (tertiary/aromatic N) is 1. The van der Waals surface area contributed by atoms with Crippen molar-refractivity contribution in [2.24, 2.45) is 0 Å². The molecular formula is C25H17F6N. The summed E-state index contributed by atoms with van der Waals surface area (Å²) in [6, 6.07) is 19.4. The predicted octanol–water partition coefficient (Wildman–Crippen LogP) is 8.23. The number of hydrogen-bond donors (Lipinski definition) is 0. The van der Waals surface area contributed by atoms with Crippen LogP contribution in [0.4, 0.5) is 26.3 Å². The highest BCUT2D eigenvalue weighted by molar-refractivity contribution is 5.83. The molecule has 7 heteroatoms. The van der Waals surface area contributed by atoms with E-state index in [9.17, 15) is 22.0 Å². The molecule has 0 fully saturated rings. The van der Waals surface area contributed by atoms with Gasteiger partial charge in [0.25, 0.3) is 6.43 Å². The molecule has 0 saturated carbocycles. The van der Waals surface area contributed by atoms with E-state index in [4.69, 9.17) is 0 Å². The van der Waals surface area contributed by atoms with Gasteiger partial charge in [-0.05, 0) is 46.0 Å². The number of pyridine rings is 1. The van der Waals surface area contributed by atoms with Gasteiger partial charge in [-0.25, -0.2) is 18.2 Å². The second-order valence-electron chi connectivity index (χ2n) is 7.39. The Balaban J connectivity index is 2.03. The Labute approximate surface area is 180 Å². The summed E-state index contributed by atoms with van der Waals surface area (Å²) in [4.78, 5) is 3.22. The Morgan fingerprint density at radius 3 is 2.03 bits per heavy atom. The van der Waals surface area contributed by atoms with Gasteiger partial charge in [0, 0.05) is 5.56 Å². The molecule has 4 aromatic rings. The Morgan fingerprint density at radius 1 is 0.781 bits per heavy atom. The van der Waals surface area contributed by atoms with E-state index in [0.29, 0.717) is 5.39 Å². The van der Waals surface area contributed by atoms with Crippen molar-refractivity contribution in [2.75, 3.05) is 0 Å². The Kier molecular flexibility index (Phi) is 5.67. The van der Waals surface area contributed by atoms with E-state index in [2.05, 4.69) is 4.98 Å². The number of aromatic nitrogens is 1. The van der Waals surface area contributed by atoms with E-state index in [0.717, 1.165) is 12.3 Å². The lowest BCUT2D eigenvalue weighted by Gasteiger charge is -2.23. The topological polar surface area (TPSA) is 12.9 Å². The normalized spacial score (nSPS) is 13.0. The monoisotopic (exact) mass is 445 g/mol. The van der Waals surface area contributed by atoms with Crippen LogP contribution in [0.2, 0.25) is 0 Å². The molecule has 0 bridgehead atoms. The first-order valence-corrected chi connectivity index (χ1v) is 9.76. The third-order valence-electron chi connectivity index (χ3n) is 5.37. The van der Waals surface area contributed by atoms with Crippen LogP contribution in [-0.4, -0.2) is 4.98 Å². The number of alkyl halides is 6. The molecular weight excluding hydrogens is 428 g/mol. The summed E-state index contributed by atoms with van der Waals surface area (Å²) >= 11 is 0. The summed E-state index contributed by atoms with van der Waals surface area (Å²) in [5, 5.41) is 1.51. The molecule has 32 heavy (non-hydrogen) atoms. The third-order valence-corrected chi connectivity index (χ3v) is 5.37. The van der Waals surface area contributed by atoms with Gasteiger partial charge in [-0.2, -0.15) is 13.2 Å². The van der Waals surface area contributed by atoms with Gasteiger partial charge in [-0.15, -0.1) is 0 Å². The second-order valence-corrected chi connectivity index (χ2v) is 7.39. The fourth-order valence-corrected chi connectivity index (χ4v) is 3.92. The van der Waals surface area contributed by atoms with E-state index in [1.807, 2.05) is 6.07 Å². The fraction of sp³-hybridized carbons (Fsp3) is 0.160. The van der Waals surface area contributed by atoms with Gasteiger partial charge in [-0.1, -0.05) is 66.7 Å². The molecule has 3 aromatic carbocycles. The number of benzene rings is 3. The van der Waals surface area contributed by atoms with E-state index >= 15 is 4.39 Å². The first kappa shape index (κ1) is 21.9. The summed E-state index contributed by atoms with van der Waals surface area (Å²) in [7, 11) is 0. The van der Waals surface area contributed by atoms with Gasteiger partial charge in [0.05, 0.1) is 0 Å². The average molecular weight is 445 g/mol. The zero-order chi connectivity index (χ0) is 23.0. The van der Waals surface area contributed by atoms with Crippen molar-refractivity contribution in [3.63, 3.8) is 0 Å². The van der Waals surface area contributed by atoms with Crippen LogP contribution in [0.5, 0.6) is 0 Å². The summed E-state index contributed by atoms with van der Waals surface area (Å²) < 4.78 is 84.7. The highest BCUT2D eigenvalue weighted by atomic mass is 19.4. The molecule has 0 N–H and O–H groups in total. The van der Waals surface area contributed by atoms with Crippen LogP contribution in [0.1, 0.15) is 40.7 Å². The smallest absolute Gasteiger partial charge is 0.242 e. The van der Waals surface area contributed by atoms with E-state index in [1.54, 1.807) is 42.5 Å². The molecule has 0 saturated heterocycles. The summed E-state index contributed by atoms with van der Waals surface area (Å²) in [5.41, 5.74) is -3.55. The van der Waals surface area contributed by atoms with Crippen molar-refractivity contribution >= 4 is 10.8 Å². The minimum atomic E-state index is -4.97. The van der Waals surface area contributed by atoms with Gasteiger partial charge >= 0.3 is 6.18 Å². The maximum atomic E-state index is 15.9. The maximum Gasteiger partial charge on any atom is 0.433 e. The molecule has 0 aliphatic rings. The molecule has 1 aromatic heterocycles. The van der Waals surface area contributed by atoms with Gasteiger partial charge in [0.15, 0.2) is 6.17 Å². The summed E-state index contributed by atoms with van der Waals surface area (Å²) in [6.45, 7) is 1.13. The standard InChI is InChI=1S/C25H17F6N/c1-14-19(16-8-3-2-4-9-16)20(22(24(27)28)32-23(14)25(29,30)31)21(26)18-12-11-15-7-5-6-10-17(15)13-18/h2-13,21,24H,1H3. The minimum Gasteiger partial charge on any atom is -0.242 e. The van der Waals surface area contributed by atoms with Gasteiger partial charge in [-0.3, -0.25) is 0 Å². The van der Waals surface area contributed by atoms with Gasteiger partial charge < -0.3 is 0 Å². The fourth-order valence-electron chi connectivity index (χ4n) is 3.92. The lowest BCUT2D eigenvalue weighted by Crippen LogP contribution is -2.17. The molecule has 1 heterocycles. The van der Waals surface area contributed by atoms with E-state index in [1.165, 1.54) is 24.3 Å². The highest BCUT2D eigenvalue weighted by Crippen LogP contribution is 2.45. The van der Waals surface area contributed by atoms with Crippen molar-refractivity contribution in [3.8, 4) is 11.1 Å². The maximum absolute atomic E-state index is 15.9. The molecule has 1 nitrogen and oxygen atoms in total. The van der Waals surface area contributed by atoms with Crippen LogP contribution >= 0.6 is 0 Å². The number of hydrogen-bond acceptors (Lipinski definition) is 1. The zero-order valence-corrected chi connectivity index (χ0v) is 16.8. The number of rotatable bonds is 4. The Hall–Kier alpha value is -3.35. The van der Waals surface area contributed by atoms with Crippen LogP contribution < -0.4 is 0 Å². The van der Waals surface area contributed by atoms with E-state index in [-0.39, 0.29) is 16.7 Å². The third kappa shape index (κ3) is 3.95. The Morgan fingerprint density at radius 2 is 1.41 bits per heavy atom. The molecule has 0 aliphatic carbocycles. The van der Waals surface area contributed by atoms with Crippen LogP contribution in [0, 0.1) is 6.92 Å².